The lowest BCUT2D eigenvalue weighted by Gasteiger charge is -2.50. The van der Waals surface area contributed by atoms with Crippen LogP contribution in [-0.2, 0) is 24.6 Å². The normalized spacial score (nSPS) is 24.0. The van der Waals surface area contributed by atoms with Crippen molar-refractivity contribution in [3.63, 3.8) is 0 Å². The van der Waals surface area contributed by atoms with Crippen LogP contribution in [0.5, 0.6) is 23.0 Å². The van der Waals surface area contributed by atoms with Crippen LogP contribution < -0.4 is 24.5 Å². The number of fused-ring (bicyclic) bond motifs is 4. The highest BCUT2D eigenvalue weighted by Gasteiger charge is 2.70. The standard InChI is InChI=1S/C50H43Cl2N3O8/c1-27-6-5-7-37(45(27)56)44-35-20-21-36-43(48(59)54(46(36)57)32-15-9-28(10-16-32)8-11-29-24-34(62-3)19-23-42(29)63-4)38(35)26-39-47(58)55(53-41-22-14-31(51)25-40(41)52)49(60)50(39,44)30-12-17-33(61-2)18-13-30/h5-20,22-25,36,38-39,43-44,53,56H,21,26H2,1-4H3/t36-,38+,39-,43-,44+,50+/m0/s1. The van der Waals surface area contributed by atoms with Crippen molar-refractivity contribution in [2.75, 3.05) is 31.7 Å². The minimum Gasteiger partial charge on any atom is -0.507 e. The molecular formula is C50H43Cl2N3O8. The fraction of sp³-hybridized carbons (Fsp3) is 0.240. The number of aromatic hydroxyl groups is 1. The number of nitrogens with one attached hydrogen (secondary N) is 1. The summed E-state index contributed by atoms with van der Waals surface area (Å²) in [6.45, 7) is 1.77. The minimum absolute atomic E-state index is 0.0281. The first-order valence-corrected chi connectivity index (χ1v) is 21.3. The molecule has 2 aliphatic carbocycles. The Morgan fingerprint density at radius 1 is 0.778 bits per heavy atom. The van der Waals surface area contributed by atoms with Gasteiger partial charge in [0, 0.05) is 22.1 Å². The Hall–Kier alpha value is -6.56. The fourth-order valence-corrected chi connectivity index (χ4v) is 10.7. The van der Waals surface area contributed by atoms with E-state index in [2.05, 4.69) is 5.43 Å². The Morgan fingerprint density at radius 2 is 1.51 bits per heavy atom. The summed E-state index contributed by atoms with van der Waals surface area (Å²) in [4.78, 5) is 61.2. The number of carbonyl (C=O) groups is 4. The Kier molecular flexibility index (Phi) is 10.8. The van der Waals surface area contributed by atoms with Gasteiger partial charge in [-0.25, -0.2) is 0 Å². The molecule has 63 heavy (non-hydrogen) atoms. The number of rotatable bonds is 10. The van der Waals surface area contributed by atoms with Gasteiger partial charge in [-0.2, -0.15) is 5.01 Å². The van der Waals surface area contributed by atoms with Gasteiger partial charge in [0.15, 0.2) is 0 Å². The number of hydrogen-bond acceptors (Lipinski definition) is 9. The van der Waals surface area contributed by atoms with Gasteiger partial charge < -0.3 is 19.3 Å². The van der Waals surface area contributed by atoms with Gasteiger partial charge in [-0.05, 0) is 103 Å². The van der Waals surface area contributed by atoms with Crippen LogP contribution in [0.25, 0.3) is 12.2 Å². The molecule has 5 aromatic carbocycles. The van der Waals surface area contributed by atoms with Crippen LogP contribution in [-0.4, -0.2) is 55.1 Å². The summed E-state index contributed by atoms with van der Waals surface area (Å²) in [5.41, 5.74) is 5.99. The number of imide groups is 2. The molecular weight excluding hydrogens is 841 g/mol. The number of carbonyl (C=O) groups excluding carboxylic acids is 4. The highest BCUT2D eigenvalue weighted by Crippen LogP contribution is 2.65. The molecule has 5 aromatic rings. The van der Waals surface area contributed by atoms with Gasteiger partial charge in [0.2, 0.25) is 11.8 Å². The topological polar surface area (TPSA) is 135 Å². The smallest absolute Gasteiger partial charge is 0.260 e. The fourth-order valence-electron chi connectivity index (χ4n) is 10.2. The number of halogens is 2. The lowest BCUT2D eigenvalue weighted by Crippen LogP contribution is -2.53. The van der Waals surface area contributed by atoms with E-state index in [1.165, 1.54) is 11.0 Å². The number of hydrogen-bond donors (Lipinski definition) is 2. The molecule has 2 heterocycles. The van der Waals surface area contributed by atoms with E-state index in [1.807, 2.05) is 48.6 Å². The van der Waals surface area contributed by atoms with Crippen molar-refractivity contribution in [3.05, 3.63) is 153 Å². The maximum atomic E-state index is 15.5. The van der Waals surface area contributed by atoms with Crippen LogP contribution in [0.15, 0.2) is 115 Å². The molecule has 3 fully saturated rings. The number of methoxy groups -OCH3 is 3. The number of aryl methyl sites for hydroxylation is 1. The van der Waals surface area contributed by atoms with Gasteiger partial charge in [0.25, 0.3) is 11.8 Å². The average Bonchev–Trinajstić information content (AvgIpc) is 3.67. The zero-order chi connectivity index (χ0) is 44.3. The Balaban J connectivity index is 1.13. The van der Waals surface area contributed by atoms with Crippen LogP contribution in [0.1, 0.15) is 46.6 Å². The zero-order valence-electron chi connectivity index (χ0n) is 34.8. The van der Waals surface area contributed by atoms with Crippen molar-refractivity contribution >= 4 is 70.4 Å². The maximum Gasteiger partial charge on any atom is 0.260 e. The average molecular weight is 885 g/mol. The van der Waals surface area contributed by atoms with E-state index in [0.717, 1.165) is 16.1 Å². The molecule has 0 aromatic heterocycles. The van der Waals surface area contributed by atoms with Gasteiger partial charge in [0.05, 0.1) is 60.9 Å². The molecule has 0 unspecified atom stereocenters. The summed E-state index contributed by atoms with van der Waals surface area (Å²) >= 11 is 12.8. The van der Waals surface area contributed by atoms with Crippen LogP contribution in [0.4, 0.5) is 11.4 Å². The van der Waals surface area contributed by atoms with Crippen molar-refractivity contribution in [1.29, 1.82) is 0 Å². The largest absolute Gasteiger partial charge is 0.507 e. The third kappa shape index (κ3) is 6.72. The highest BCUT2D eigenvalue weighted by molar-refractivity contribution is 6.36. The molecule has 0 radical (unpaired) electrons. The van der Waals surface area contributed by atoms with Gasteiger partial charge >= 0.3 is 0 Å². The molecule has 2 N–H and O–H groups in total. The van der Waals surface area contributed by atoms with Gasteiger partial charge in [-0.1, -0.05) is 89.5 Å². The van der Waals surface area contributed by atoms with E-state index in [0.29, 0.717) is 50.2 Å². The number of phenolic OH excluding ortho intramolecular Hbond substituents is 1. The first kappa shape index (κ1) is 41.8. The van der Waals surface area contributed by atoms with Crippen molar-refractivity contribution in [3.8, 4) is 23.0 Å². The first-order valence-electron chi connectivity index (χ1n) is 20.5. The minimum atomic E-state index is -1.61. The molecule has 4 aliphatic rings. The molecule has 4 amide bonds. The van der Waals surface area contributed by atoms with Crippen LogP contribution in [0.2, 0.25) is 10.0 Å². The molecule has 0 spiro atoms. The molecule has 2 saturated heterocycles. The number of allylic oxidation sites excluding steroid dienone is 2. The second kappa shape index (κ2) is 16.3. The monoisotopic (exact) mass is 883 g/mol. The highest BCUT2D eigenvalue weighted by atomic mass is 35.5. The summed E-state index contributed by atoms with van der Waals surface area (Å²) in [5.74, 6) is -4.09. The molecule has 2 aliphatic heterocycles. The molecule has 13 heteroatoms. The molecule has 11 nitrogen and oxygen atoms in total. The summed E-state index contributed by atoms with van der Waals surface area (Å²) in [7, 11) is 4.74. The number of para-hydroxylation sites is 1. The van der Waals surface area contributed by atoms with Crippen molar-refractivity contribution in [2.45, 2.75) is 31.1 Å². The Labute approximate surface area is 374 Å². The van der Waals surface area contributed by atoms with E-state index in [1.54, 1.807) is 95.0 Å². The van der Waals surface area contributed by atoms with Gasteiger partial charge in [-0.3, -0.25) is 29.5 Å². The van der Waals surface area contributed by atoms with E-state index in [9.17, 15) is 14.7 Å². The Bertz CT molecular complexity index is 2750. The maximum absolute atomic E-state index is 15.5. The number of amides is 4. The van der Waals surface area contributed by atoms with Crippen LogP contribution in [0, 0.1) is 30.6 Å². The summed E-state index contributed by atoms with van der Waals surface area (Å²) in [5, 5.41) is 13.5. The predicted octanol–water partition coefficient (Wildman–Crippen LogP) is 9.39. The molecule has 320 valence electrons. The Morgan fingerprint density at radius 3 is 2.21 bits per heavy atom. The second-order valence-corrected chi connectivity index (χ2v) is 17.1. The van der Waals surface area contributed by atoms with Gasteiger partial charge in [-0.15, -0.1) is 0 Å². The number of hydrazine groups is 1. The zero-order valence-corrected chi connectivity index (χ0v) is 36.3. The van der Waals surface area contributed by atoms with E-state index < -0.39 is 46.8 Å². The SMILES string of the molecule is COc1ccc([C@@]23C(=O)N(Nc4ccc(Cl)cc4Cl)C(=O)[C@@H]2C[C@@H]2C(=CC[C@@H]4C(=O)N(c5ccc(C=Cc6cc(OC)ccc6OC)cc5)C(=O)[C@@H]42)[C@@H]3c2cccc(C)c2O)cc1. The van der Waals surface area contributed by atoms with E-state index in [-0.39, 0.29) is 41.1 Å². The van der Waals surface area contributed by atoms with Crippen LogP contribution in [0.3, 0.4) is 0 Å². The molecule has 0 bridgehead atoms. The van der Waals surface area contributed by atoms with Crippen molar-refractivity contribution < 1.29 is 38.5 Å². The molecule has 6 atom stereocenters. The summed E-state index contributed by atoms with van der Waals surface area (Å²) < 4.78 is 16.4. The number of nitrogens with zero attached hydrogens (tertiary/aromatic N) is 2. The number of benzene rings is 5. The van der Waals surface area contributed by atoms with Crippen molar-refractivity contribution in [1.82, 2.24) is 5.01 Å². The lowest BCUT2D eigenvalue weighted by molar-refractivity contribution is -0.138. The summed E-state index contributed by atoms with van der Waals surface area (Å²) in [6.07, 6.45) is 6.05. The second-order valence-electron chi connectivity index (χ2n) is 16.3. The van der Waals surface area contributed by atoms with E-state index in [4.69, 9.17) is 37.4 Å². The van der Waals surface area contributed by atoms with Gasteiger partial charge in [0.1, 0.15) is 23.0 Å². The summed E-state index contributed by atoms with van der Waals surface area (Å²) in [6, 6.07) is 29.7. The number of phenols is 1. The first-order chi connectivity index (χ1) is 30.4. The molecule has 9 rings (SSSR count). The van der Waals surface area contributed by atoms with Crippen LogP contribution >= 0.6 is 23.2 Å². The van der Waals surface area contributed by atoms with E-state index >= 15 is 9.59 Å². The molecule has 1 saturated carbocycles. The predicted molar refractivity (Wildman–Crippen MR) is 241 cm³/mol. The van der Waals surface area contributed by atoms with Crippen molar-refractivity contribution in [2.24, 2.45) is 23.7 Å². The number of ether oxygens (including phenoxy) is 3. The third-order valence-corrected chi connectivity index (χ3v) is 13.8. The third-order valence-electron chi connectivity index (χ3n) is 13.2. The number of anilines is 2. The lowest BCUT2D eigenvalue weighted by atomic mass is 9.49. The quantitative estimate of drug-likeness (QED) is 0.0800.